The number of carbonyl (C=O) groups is 2. The highest BCUT2D eigenvalue weighted by Crippen LogP contribution is 2.39. The molecule has 0 radical (unpaired) electrons. The third-order valence-electron chi connectivity index (χ3n) is 5.54. The largest absolute Gasteiger partial charge is 0.534 e. The van der Waals surface area contributed by atoms with Gasteiger partial charge in [0.05, 0.1) is 11.3 Å². The first-order chi connectivity index (χ1) is 17.1. The van der Waals surface area contributed by atoms with Gasteiger partial charge >= 0.3 is 15.6 Å². The van der Waals surface area contributed by atoms with Gasteiger partial charge in [-0.25, -0.2) is 4.39 Å². The molecule has 0 N–H and O–H groups in total. The zero-order valence-electron chi connectivity index (χ0n) is 21.0. The summed E-state index contributed by atoms with van der Waals surface area (Å²) in [5, 5.41) is 0. The Morgan fingerprint density at radius 1 is 1.19 bits per heavy atom. The van der Waals surface area contributed by atoms with Crippen molar-refractivity contribution < 1.29 is 39.8 Å². The molecular formula is C23H27F4N3O6S. The first kappa shape index (κ1) is 29.8. The normalized spacial score (nSPS) is 13.4. The number of hydrogen-bond acceptors (Lipinski definition) is 6. The van der Waals surface area contributed by atoms with E-state index < -0.39 is 61.3 Å². The maximum absolute atomic E-state index is 14.8. The molecule has 1 saturated carbocycles. The van der Waals surface area contributed by atoms with E-state index in [1.165, 1.54) is 13.1 Å². The molecule has 3 rings (SSSR count). The van der Waals surface area contributed by atoms with E-state index in [1.807, 2.05) is 13.8 Å². The Morgan fingerprint density at radius 2 is 1.76 bits per heavy atom. The Balaban J connectivity index is 0.00000235. The molecule has 204 valence electrons. The van der Waals surface area contributed by atoms with E-state index in [0.717, 1.165) is 35.6 Å². The van der Waals surface area contributed by atoms with Gasteiger partial charge in [-0.15, -0.1) is 0 Å². The summed E-state index contributed by atoms with van der Waals surface area (Å²) in [6.45, 7) is 6.53. The van der Waals surface area contributed by atoms with E-state index in [0.29, 0.717) is 23.3 Å². The summed E-state index contributed by atoms with van der Waals surface area (Å²) in [5.74, 6) is -3.82. The van der Waals surface area contributed by atoms with Crippen LogP contribution in [0.25, 0.3) is 0 Å². The van der Waals surface area contributed by atoms with Crippen LogP contribution in [0.5, 0.6) is 5.75 Å². The number of anilines is 2. The molecule has 2 amide bonds. The van der Waals surface area contributed by atoms with Crippen LogP contribution in [0.2, 0.25) is 0 Å². The van der Waals surface area contributed by atoms with Crippen molar-refractivity contribution in [3.8, 4) is 5.75 Å². The summed E-state index contributed by atoms with van der Waals surface area (Å²) in [4.78, 5) is 40.1. The smallest absolute Gasteiger partial charge is 0.375 e. The molecule has 1 heterocycles. The second kappa shape index (κ2) is 10.9. The van der Waals surface area contributed by atoms with E-state index in [4.69, 9.17) is 0 Å². The topological polar surface area (TPSA) is 106 Å². The Morgan fingerprint density at radius 3 is 2.22 bits per heavy atom. The summed E-state index contributed by atoms with van der Waals surface area (Å²) < 4.78 is 82.9. The van der Waals surface area contributed by atoms with E-state index in [2.05, 4.69) is 4.18 Å². The number of aryl methyl sites for hydroxylation is 1. The third-order valence-corrected chi connectivity index (χ3v) is 6.49. The number of halogens is 4. The number of hydrogen-bond donors (Lipinski definition) is 0. The molecule has 1 aliphatic carbocycles. The number of benzene rings is 1. The highest BCUT2D eigenvalue weighted by molar-refractivity contribution is 7.88. The lowest BCUT2D eigenvalue weighted by Gasteiger charge is -2.28. The summed E-state index contributed by atoms with van der Waals surface area (Å²) in [7, 11) is -3.89. The number of amides is 2. The van der Waals surface area contributed by atoms with Crippen LogP contribution in [0.4, 0.5) is 29.1 Å². The van der Waals surface area contributed by atoms with Crippen molar-refractivity contribution in [3.05, 3.63) is 51.1 Å². The van der Waals surface area contributed by atoms with Crippen molar-refractivity contribution in [2.45, 2.75) is 52.1 Å². The van der Waals surface area contributed by atoms with Crippen molar-refractivity contribution in [1.29, 1.82) is 0 Å². The Kier molecular flexibility index (Phi) is 8.79. The summed E-state index contributed by atoms with van der Waals surface area (Å²) in [5.41, 5.74) is -8.36. The molecule has 1 aromatic heterocycles. The van der Waals surface area contributed by atoms with Gasteiger partial charge in [0.15, 0.2) is 5.75 Å². The zero-order chi connectivity index (χ0) is 28.5. The third kappa shape index (κ3) is 5.78. The second-order valence-electron chi connectivity index (χ2n) is 8.08. The van der Waals surface area contributed by atoms with E-state index in [1.54, 1.807) is 6.92 Å². The maximum atomic E-state index is 14.8. The maximum Gasteiger partial charge on any atom is 0.534 e. The molecule has 2 aromatic rings. The van der Waals surface area contributed by atoms with E-state index >= 15 is 0 Å². The molecule has 0 spiro atoms. The lowest BCUT2D eigenvalue weighted by Crippen LogP contribution is -2.37. The summed E-state index contributed by atoms with van der Waals surface area (Å²) >= 11 is 0. The van der Waals surface area contributed by atoms with Crippen molar-refractivity contribution in [2.75, 3.05) is 11.9 Å². The van der Waals surface area contributed by atoms with Gasteiger partial charge in [0, 0.05) is 20.1 Å². The number of alkyl halides is 3. The van der Waals surface area contributed by atoms with Gasteiger partial charge in [0.2, 0.25) is 6.41 Å². The monoisotopic (exact) mass is 549 g/mol. The van der Waals surface area contributed by atoms with Gasteiger partial charge in [0.25, 0.3) is 11.5 Å². The van der Waals surface area contributed by atoms with Gasteiger partial charge in [0.1, 0.15) is 17.2 Å². The minimum absolute atomic E-state index is 0.0494. The molecule has 0 aliphatic heterocycles. The van der Waals surface area contributed by atoms with Crippen molar-refractivity contribution in [3.63, 3.8) is 0 Å². The van der Waals surface area contributed by atoms with Crippen LogP contribution in [-0.4, -0.2) is 48.8 Å². The van der Waals surface area contributed by atoms with Crippen LogP contribution >= 0.6 is 0 Å². The van der Waals surface area contributed by atoms with Gasteiger partial charge in [-0.05, 0) is 44.4 Å². The standard InChI is InChI=1S/C21H21F4N3O6S.C2H6/c1-11-5-8-15(14(22)9-11)28(10-29)18-16(20(31)26(3)13-6-7-13)17(12(2)19(30)27(18)4)34-35(32,33)21(23,24)25;1-2/h5,8-10,13H,6-7H2,1-4H3;1-2H3. The Labute approximate surface area is 211 Å². The quantitative estimate of drug-likeness (QED) is 0.224. The van der Waals surface area contributed by atoms with Gasteiger partial charge in [-0.3, -0.25) is 23.9 Å². The predicted molar refractivity (Wildman–Crippen MR) is 128 cm³/mol. The minimum atomic E-state index is -6.32. The SMILES string of the molecule is CC.Cc1ccc(N(C=O)c2c(C(=O)N(C)C3CC3)c(OS(=O)(=O)C(F)(F)F)c(C)c(=O)n2C)c(F)c1. The molecule has 1 fully saturated rings. The lowest BCUT2D eigenvalue weighted by molar-refractivity contribution is -0.106. The molecule has 1 aliphatic rings. The molecule has 1 aromatic carbocycles. The highest BCUT2D eigenvalue weighted by atomic mass is 32.2. The predicted octanol–water partition coefficient (Wildman–Crippen LogP) is 3.92. The molecule has 9 nitrogen and oxygen atoms in total. The van der Waals surface area contributed by atoms with Crippen molar-refractivity contribution in [1.82, 2.24) is 9.47 Å². The molecule has 0 atom stereocenters. The first-order valence-corrected chi connectivity index (χ1v) is 12.5. The fourth-order valence-electron chi connectivity index (χ4n) is 3.47. The first-order valence-electron chi connectivity index (χ1n) is 11.1. The molecular weight excluding hydrogens is 522 g/mol. The molecule has 0 bridgehead atoms. The van der Waals surface area contributed by atoms with Crippen molar-refractivity contribution >= 4 is 33.9 Å². The molecule has 0 unspecified atom stereocenters. The highest BCUT2D eigenvalue weighted by Gasteiger charge is 2.50. The van der Waals surface area contributed by atoms with Crippen LogP contribution in [0.15, 0.2) is 23.0 Å². The average Bonchev–Trinajstić information content (AvgIpc) is 3.67. The van der Waals surface area contributed by atoms with Crippen LogP contribution in [0.1, 0.15) is 48.2 Å². The lowest BCUT2D eigenvalue weighted by atomic mass is 10.1. The van der Waals surface area contributed by atoms with E-state index in [-0.39, 0.29) is 12.5 Å². The average molecular weight is 550 g/mol. The molecule has 14 heteroatoms. The van der Waals surface area contributed by atoms with Crippen LogP contribution < -0.4 is 14.6 Å². The van der Waals surface area contributed by atoms with Crippen LogP contribution in [0, 0.1) is 19.7 Å². The van der Waals surface area contributed by atoms with Gasteiger partial charge < -0.3 is 9.08 Å². The zero-order valence-corrected chi connectivity index (χ0v) is 21.8. The van der Waals surface area contributed by atoms with Crippen molar-refractivity contribution in [2.24, 2.45) is 7.05 Å². The summed E-state index contributed by atoms with van der Waals surface area (Å²) in [6.07, 6.45) is 1.19. The van der Waals surface area contributed by atoms with E-state index in [9.17, 15) is 40.4 Å². The minimum Gasteiger partial charge on any atom is -0.375 e. The number of aromatic nitrogens is 1. The Bertz CT molecular complexity index is 1370. The number of nitrogens with zero attached hydrogens (tertiary/aromatic N) is 3. The Hall–Kier alpha value is -3.42. The van der Waals surface area contributed by atoms with Gasteiger partial charge in [-0.1, -0.05) is 19.9 Å². The summed E-state index contributed by atoms with van der Waals surface area (Å²) in [6, 6.07) is 3.34. The molecule has 0 saturated heterocycles. The second-order valence-corrected chi connectivity index (χ2v) is 9.62. The van der Waals surface area contributed by atoms with Crippen LogP contribution in [0.3, 0.4) is 0 Å². The number of rotatable bonds is 7. The molecule has 37 heavy (non-hydrogen) atoms. The number of carbonyl (C=O) groups excluding carboxylic acids is 2. The van der Waals surface area contributed by atoms with Crippen LogP contribution in [-0.2, 0) is 22.0 Å². The fraction of sp³-hybridized carbons (Fsp3) is 0.435. The van der Waals surface area contributed by atoms with Gasteiger partial charge in [-0.2, -0.15) is 21.6 Å². The number of pyridine rings is 1. The fourth-order valence-corrected chi connectivity index (χ4v) is 3.99.